The standard InChI is InChI=1S/C12H12Br2IN3O/c1-3-4-16-12-9(15)6(2)17-11(18-12)8-5-7(13)10(14)19-8/h5H,3-4H2,1-2H3,(H,16,17,18). The van der Waals surface area contributed by atoms with E-state index in [1.807, 2.05) is 13.0 Å². The second-order valence-corrected chi connectivity index (χ2v) is 6.61. The smallest absolute Gasteiger partial charge is 0.198 e. The average Bonchev–Trinajstić information content (AvgIpc) is 2.71. The van der Waals surface area contributed by atoms with Crippen molar-refractivity contribution in [1.29, 1.82) is 0 Å². The molecule has 1 N–H and O–H groups in total. The molecule has 0 saturated carbocycles. The van der Waals surface area contributed by atoms with Crippen LogP contribution in [0.4, 0.5) is 5.82 Å². The minimum absolute atomic E-state index is 0.586. The van der Waals surface area contributed by atoms with E-state index in [9.17, 15) is 0 Å². The summed E-state index contributed by atoms with van der Waals surface area (Å²) in [6.07, 6.45) is 1.05. The normalized spacial score (nSPS) is 10.8. The lowest BCUT2D eigenvalue weighted by Gasteiger charge is -2.09. The van der Waals surface area contributed by atoms with Gasteiger partial charge in [-0.3, -0.25) is 0 Å². The fourth-order valence-electron chi connectivity index (χ4n) is 1.49. The van der Waals surface area contributed by atoms with Gasteiger partial charge in [0.2, 0.25) is 0 Å². The predicted molar refractivity (Wildman–Crippen MR) is 91.4 cm³/mol. The molecular weight excluding hydrogens is 489 g/mol. The summed E-state index contributed by atoms with van der Waals surface area (Å²) in [6.45, 7) is 4.98. The Bertz CT molecular complexity index is 581. The Labute approximate surface area is 142 Å². The number of halogens is 3. The summed E-state index contributed by atoms with van der Waals surface area (Å²) < 4.78 is 8.11. The van der Waals surface area contributed by atoms with E-state index in [1.165, 1.54) is 0 Å². The molecular formula is C12H12Br2IN3O. The van der Waals surface area contributed by atoms with Crippen LogP contribution in [-0.4, -0.2) is 16.5 Å². The zero-order chi connectivity index (χ0) is 14.0. The SMILES string of the molecule is CCCNc1nc(-c2cc(Br)c(Br)o2)nc(C)c1I. The monoisotopic (exact) mass is 499 g/mol. The van der Waals surface area contributed by atoms with Crippen molar-refractivity contribution >= 4 is 60.3 Å². The molecule has 0 amide bonds. The van der Waals surface area contributed by atoms with Crippen molar-refractivity contribution in [2.45, 2.75) is 20.3 Å². The van der Waals surface area contributed by atoms with Crippen LogP contribution in [0.25, 0.3) is 11.6 Å². The van der Waals surface area contributed by atoms with E-state index in [2.05, 4.69) is 76.7 Å². The fourth-order valence-corrected chi connectivity index (χ4v) is 2.50. The highest BCUT2D eigenvalue weighted by atomic mass is 127. The molecule has 0 bridgehead atoms. The Morgan fingerprint density at radius 3 is 2.68 bits per heavy atom. The molecule has 19 heavy (non-hydrogen) atoms. The van der Waals surface area contributed by atoms with Gasteiger partial charge in [-0.15, -0.1) is 0 Å². The maximum absolute atomic E-state index is 5.57. The van der Waals surface area contributed by atoms with Gasteiger partial charge in [-0.1, -0.05) is 6.92 Å². The molecule has 7 heteroatoms. The third-order valence-electron chi connectivity index (χ3n) is 2.42. The molecule has 0 aliphatic carbocycles. The second kappa shape index (κ2) is 6.53. The highest BCUT2D eigenvalue weighted by Gasteiger charge is 2.15. The van der Waals surface area contributed by atoms with Gasteiger partial charge in [0.1, 0.15) is 5.82 Å². The molecule has 0 aliphatic rings. The maximum atomic E-state index is 5.57. The van der Waals surface area contributed by atoms with Gasteiger partial charge in [-0.2, -0.15) is 0 Å². The Hall–Kier alpha value is -0.150. The Kier molecular flexibility index (Phi) is 5.24. The minimum Gasteiger partial charge on any atom is -0.445 e. The molecule has 2 aromatic rings. The molecule has 0 aliphatic heterocycles. The van der Waals surface area contributed by atoms with E-state index in [0.29, 0.717) is 16.3 Å². The van der Waals surface area contributed by atoms with E-state index in [1.54, 1.807) is 0 Å². The Morgan fingerprint density at radius 1 is 1.37 bits per heavy atom. The van der Waals surface area contributed by atoms with Crippen LogP contribution in [0.1, 0.15) is 19.0 Å². The number of hydrogen-bond acceptors (Lipinski definition) is 4. The van der Waals surface area contributed by atoms with E-state index >= 15 is 0 Å². The molecule has 0 spiro atoms. The van der Waals surface area contributed by atoms with E-state index < -0.39 is 0 Å². The van der Waals surface area contributed by atoms with Crippen molar-refractivity contribution < 1.29 is 4.42 Å². The molecule has 2 heterocycles. The molecule has 0 atom stereocenters. The molecule has 102 valence electrons. The first-order valence-corrected chi connectivity index (χ1v) is 8.42. The number of aryl methyl sites for hydroxylation is 1. The van der Waals surface area contributed by atoms with Crippen molar-refractivity contribution in [2.75, 3.05) is 11.9 Å². The third-order valence-corrected chi connectivity index (χ3v) is 5.43. The number of furan rings is 1. The van der Waals surface area contributed by atoms with Crippen LogP contribution in [0.5, 0.6) is 0 Å². The van der Waals surface area contributed by atoms with Crippen LogP contribution in [0.3, 0.4) is 0 Å². The lowest BCUT2D eigenvalue weighted by molar-refractivity contribution is 0.549. The van der Waals surface area contributed by atoms with Crippen molar-refractivity contribution in [3.05, 3.63) is 24.5 Å². The first-order chi connectivity index (χ1) is 9.02. The highest BCUT2D eigenvalue weighted by molar-refractivity contribution is 14.1. The summed E-state index contributed by atoms with van der Waals surface area (Å²) in [4.78, 5) is 9.00. The van der Waals surface area contributed by atoms with Crippen LogP contribution in [0, 0.1) is 10.5 Å². The third kappa shape index (κ3) is 3.49. The summed E-state index contributed by atoms with van der Waals surface area (Å²) in [6, 6.07) is 1.86. The first kappa shape index (κ1) is 15.2. The number of nitrogens with one attached hydrogen (secondary N) is 1. The van der Waals surface area contributed by atoms with Crippen molar-refractivity contribution in [3.8, 4) is 11.6 Å². The lowest BCUT2D eigenvalue weighted by atomic mass is 10.3. The zero-order valence-electron chi connectivity index (χ0n) is 10.4. The van der Waals surface area contributed by atoms with Crippen molar-refractivity contribution in [1.82, 2.24) is 9.97 Å². The second-order valence-electron chi connectivity index (χ2n) is 3.95. The highest BCUT2D eigenvalue weighted by Crippen LogP contribution is 2.32. The summed E-state index contributed by atoms with van der Waals surface area (Å²) in [5.41, 5.74) is 0.938. The average molecular weight is 501 g/mol. The molecule has 0 unspecified atom stereocenters. The van der Waals surface area contributed by atoms with Gasteiger partial charge in [0.25, 0.3) is 0 Å². The molecule has 2 rings (SSSR count). The number of nitrogens with zero attached hydrogens (tertiary/aromatic N) is 2. The lowest BCUT2D eigenvalue weighted by Crippen LogP contribution is -2.07. The summed E-state index contributed by atoms with van der Waals surface area (Å²) in [7, 11) is 0. The summed E-state index contributed by atoms with van der Waals surface area (Å²) in [5.74, 6) is 2.08. The van der Waals surface area contributed by atoms with Crippen LogP contribution < -0.4 is 5.32 Å². The largest absolute Gasteiger partial charge is 0.445 e. The number of anilines is 1. The first-order valence-electron chi connectivity index (χ1n) is 5.76. The maximum Gasteiger partial charge on any atom is 0.198 e. The van der Waals surface area contributed by atoms with E-state index in [-0.39, 0.29) is 0 Å². The predicted octanol–water partition coefficient (Wildman–Crippen LogP) is 5.00. The summed E-state index contributed by atoms with van der Waals surface area (Å²) in [5, 5.41) is 3.31. The van der Waals surface area contributed by atoms with E-state index in [4.69, 9.17) is 4.42 Å². The molecule has 0 aromatic carbocycles. The quantitative estimate of drug-likeness (QED) is 0.600. The topological polar surface area (TPSA) is 51.0 Å². The molecule has 4 nitrogen and oxygen atoms in total. The van der Waals surface area contributed by atoms with Gasteiger partial charge in [0.05, 0.1) is 13.7 Å². The van der Waals surface area contributed by atoms with Crippen molar-refractivity contribution in [3.63, 3.8) is 0 Å². The van der Waals surface area contributed by atoms with Crippen LogP contribution in [-0.2, 0) is 0 Å². The number of rotatable bonds is 4. The number of hydrogen-bond donors (Lipinski definition) is 1. The van der Waals surface area contributed by atoms with Gasteiger partial charge in [-0.05, 0) is 67.8 Å². The molecule has 2 aromatic heterocycles. The molecule has 0 saturated heterocycles. The van der Waals surface area contributed by atoms with Gasteiger partial charge >= 0.3 is 0 Å². The van der Waals surface area contributed by atoms with Gasteiger partial charge in [0.15, 0.2) is 16.3 Å². The van der Waals surface area contributed by atoms with E-state index in [0.717, 1.165) is 32.5 Å². The summed E-state index contributed by atoms with van der Waals surface area (Å²) >= 11 is 8.97. The minimum atomic E-state index is 0.586. The van der Waals surface area contributed by atoms with Gasteiger partial charge in [0, 0.05) is 12.6 Å². The molecule has 0 radical (unpaired) electrons. The molecule has 0 fully saturated rings. The van der Waals surface area contributed by atoms with Gasteiger partial charge < -0.3 is 9.73 Å². The Balaban J connectivity index is 2.43. The van der Waals surface area contributed by atoms with Gasteiger partial charge in [-0.25, -0.2) is 9.97 Å². The zero-order valence-corrected chi connectivity index (χ0v) is 15.8. The number of aromatic nitrogens is 2. The van der Waals surface area contributed by atoms with Crippen LogP contribution in [0.15, 0.2) is 19.6 Å². The Morgan fingerprint density at radius 2 is 2.11 bits per heavy atom. The van der Waals surface area contributed by atoms with Crippen LogP contribution in [0.2, 0.25) is 0 Å². The van der Waals surface area contributed by atoms with Crippen LogP contribution >= 0.6 is 54.5 Å². The fraction of sp³-hybridized carbons (Fsp3) is 0.333. The van der Waals surface area contributed by atoms with Crippen molar-refractivity contribution in [2.24, 2.45) is 0 Å².